The quantitative estimate of drug-likeness (QED) is 0.851. The molecule has 0 aromatic heterocycles. The number of aryl methyl sites for hydroxylation is 1. The van der Waals surface area contributed by atoms with E-state index in [9.17, 15) is 19.8 Å². The number of carbonyl (C=O) groups excluding carboxylic acids is 1. The Labute approximate surface area is 132 Å². The summed E-state index contributed by atoms with van der Waals surface area (Å²) < 4.78 is 0. The summed E-state index contributed by atoms with van der Waals surface area (Å²) in [5, 5.41) is 19.6. The van der Waals surface area contributed by atoms with E-state index in [1.165, 1.54) is 6.07 Å². The lowest BCUT2D eigenvalue weighted by atomic mass is 9.95. The van der Waals surface area contributed by atoms with Crippen molar-refractivity contribution in [3.05, 3.63) is 63.7 Å². The van der Waals surface area contributed by atoms with Crippen molar-refractivity contribution in [1.82, 2.24) is 0 Å². The molecule has 1 aliphatic carbocycles. The fraction of sp³-hybridized carbons (Fsp3) is 0.176. The minimum Gasteiger partial charge on any atom is -0.507 e. The minimum atomic E-state index is -0.914. The largest absolute Gasteiger partial charge is 0.507 e. The first kappa shape index (κ1) is 14.6. The van der Waals surface area contributed by atoms with Crippen LogP contribution >= 0.6 is 11.6 Å². The number of hydrogen-bond acceptors (Lipinski definition) is 3. The third-order valence-corrected chi connectivity index (χ3v) is 4.33. The van der Waals surface area contributed by atoms with Crippen LogP contribution in [0.5, 0.6) is 5.75 Å². The molecule has 0 fully saturated rings. The second kappa shape index (κ2) is 5.46. The van der Waals surface area contributed by atoms with Gasteiger partial charge in [0.1, 0.15) is 5.75 Å². The molecule has 5 heteroatoms. The summed E-state index contributed by atoms with van der Waals surface area (Å²) in [6.07, 6.45) is 1.06. The van der Waals surface area contributed by atoms with Crippen LogP contribution in [0.3, 0.4) is 0 Å². The Kier molecular flexibility index (Phi) is 3.62. The summed E-state index contributed by atoms with van der Waals surface area (Å²) in [5.41, 5.74) is 1.84. The van der Waals surface area contributed by atoms with E-state index >= 15 is 0 Å². The van der Waals surface area contributed by atoms with Crippen molar-refractivity contribution in [2.75, 3.05) is 0 Å². The maximum atomic E-state index is 12.5. The first-order valence-corrected chi connectivity index (χ1v) is 7.24. The molecule has 3 rings (SSSR count). The predicted molar refractivity (Wildman–Crippen MR) is 81.7 cm³/mol. The van der Waals surface area contributed by atoms with Crippen LogP contribution in [-0.2, 0) is 11.2 Å². The minimum absolute atomic E-state index is 0.151. The molecule has 0 amide bonds. The normalized spacial score (nSPS) is 16.3. The molecular weight excluding hydrogens is 304 g/mol. The van der Waals surface area contributed by atoms with Gasteiger partial charge in [-0.1, -0.05) is 23.7 Å². The smallest absolute Gasteiger partial charge is 0.310 e. The molecule has 0 saturated heterocycles. The van der Waals surface area contributed by atoms with E-state index < -0.39 is 11.9 Å². The molecular formula is C17H13ClO4. The summed E-state index contributed by atoms with van der Waals surface area (Å²) in [5.74, 6) is -2.12. The Morgan fingerprint density at radius 3 is 2.55 bits per heavy atom. The molecule has 0 bridgehead atoms. The van der Waals surface area contributed by atoms with E-state index in [2.05, 4.69) is 0 Å². The van der Waals surface area contributed by atoms with Crippen LogP contribution in [-0.4, -0.2) is 22.0 Å². The molecule has 1 unspecified atom stereocenters. The third-order valence-electron chi connectivity index (χ3n) is 4.00. The number of phenolic OH excluding ortho intramolecular Hbond substituents is 1. The fourth-order valence-corrected chi connectivity index (χ4v) is 3.10. The maximum Gasteiger partial charge on any atom is 0.310 e. The zero-order valence-corrected chi connectivity index (χ0v) is 12.3. The second-order valence-electron chi connectivity index (χ2n) is 5.31. The third kappa shape index (κ3) is 2.35. The maximum absolute atomic E-state index is 12.5. The Hall–Kier alpha value is -2.33. The Morgan fingerprint density at radius 1 is 1.14 bits per heavy atom. The number of carbonyl (C=O) groups is 2. The topological polar surface area (TPSA) is 74.6 Å². The zero-order valence-electron chi connectivity index (χ0n) is 11.5. The molecule has 0 radical (unpaired) electrons. The monoisotopic (exact) mass is 316 g/mol. The highest BCUT2D eigenvalue weighted by Gasteiger charge is 2.30. The number of hydrogen-bond donors (Lipinski definition) is 2. The number of carboxylic acid groups (broad SMARTS) is 1. The number of ketones is 1. The number of aliphatic carboxylic acids is 1. The Balaban J connectivity index is 2.05. The Morgan fingerprint density at radius 2 is 1.86 bits per heavy atom. The van der Waals surface area contributed by atoms with Gasteiger partial charge in [0.15, 0.2) is 5.78 Å². The highest BCUT2D eigenvalue weighted by molar-refractivity contribution is 6.35. The highest BCUT2D eigenvalue weighted by Crippen LogP contribution is 2.38. The van der Waals surface area contributed by atoms with E-state index in [0.717, 1.165) is 5.56 Å². The van der Waals surface area contributed by atoms with E-state index in [4.69, 9.17) is 11.6 Å². The van der Waals surface area contributed by atoms with Gasteiger partial charge >= 0.3 is 5.97 Å². The summed E-state index contributed by atoms with van der Waals surface area (Å²) >= 11 is 6.02. The van der Waals surface area contributed by atoms with Crippen molar-refractivity contribution in [2.45, 2.75) is 18.8 Å². The van der Waals surface area contributed by atoms with Gasteiger partial charge in [0.05, 0.1) is 16.5 Å². The molecule has 0 saturated carbocycles. The summed E-state index contributed by atoms with van der Waals surface area (Å²) in [6, 6.07) is 9.60. The van der Waals surface area contributed by atoms with E-state index in [1.54, 1.807) is 30.3 Å². The van der Waals surface area contributed by atoms with Crippen LogP contribution in [0.2, 0.25) is 5.02 Å². The SMILES string of the molecule is O=C(c1cc2c(cc1O)C(C(=O)O)CC2)c1ccccc1Cl. The lowest BCUT2D eigenvalue weighted by Crippen LogP contribution is -2.08. The molecule has 22 heavy (non-hydrogen) atoms. The van der Waals surface area contributed by atoms with Crippen LogP contribution in [0.25, 0.3) is 0 Å². The summed E-state index contributed by atoms with van der Waals surface area (Å²) in [6.45, 7) is 0. The predicted octanol–water partition coefficient (Wildman–Crippen LogP) is 3.39. The van der Waals surface area contributed by atoms with Gasteiger partial charge < -0.3 is 10.2 Å². The molecule has 2 aromatic carbocycles. The van der Waals surface area contributed by atoms with E-state index in [1.807, 2.05) is 0 Å². The average molecular weight is 317 g/mol. The number of fused-ring (bicyclic) bond motifs is 1. The van der Waals surface area contributed by atoms with Crippen molar-refractivity contribution in [2.24, 2.45) is 0 Å². The average Bonchev–Trinajstić information content (AvgIpc) is 2.89. The number of halogens is 1. The number of phenols is 1. The van der Waals surface area contributed by atoms with Crippen molar-refractivity contribution in [3.63, 3.8) is 0 Å². The molecule has 2 N–H and O–H groups in total. The molecule has 0 spiro atoms. The molecule has 0 aliphatic heterocycles. The zero-order chi connectivity index (χ0) is 15.9. The van der Waals surface area contributed by atoms with Gasteiger partial charge in [-0.3, -0.25) is 9.59 Å². The standard InChI is InChI=1S/C17H13ClO4/c18-14-4-2-1-3-11(14)16(20)13-7-9-5-6-10(17(21)22)12(9)8-15(13)19/h1-4,7-8,10,19H,5-6H2,(H,21,22). The second-order valence-corrected chi connectivity index (χ2v) is 5.71. The van der Waals surface area contributed by atoms with E-state index in [0.29, 0.717) is 29.0 Å². The summed E-state index contributed by atoms with van der Waals surface area (Å²) in [4.78, 5) is 23.7. The van der Waals surface area contributed by atoms with Gasteiger partial charge in [-0.2, -0.15) is 0 Å². The van der Waals surface area contributed by atoms with E-state index in [-0.39, 0.29) is 17.1 Å². The van der Waals surface area contributed by atoms with Gasteiger partial charge in [-0.05, 0) is 48.2 Å². The van der Waals surface area contributed by atoms with Gasteiger partial charge in [0, 0.05) is 5.56 Å². The van der Waals surface area contributed by atoms with Crippen molar-refractivity contribution < 1.29 is 19.8 Å². The van der Waals surface area contributed by atoms with Gasteiger partial charge in [0.25, 0.3) is 0 Å². The first-order valence-electron chi connectivity index (χ1n) is 6.87. The lowest BCUT2D eigenvalue weighted by molar-refractivity contribution is -0.138. The van der Waals surface area contributed by atoms with Crippen LogP contribution < -0.4 is 0 Å². The number of rotatable bonds is 3. The van der Waals surface area contributed by atoms with Gasteiger partial charge in [-0.15, -0.1) is 0 Å². The van der Waals surface area contributed by atoms with Crippen LogP contribution in [0.4, 0.5) is 0 Å². The number of aromatic hydroxyl groups is 1. The molecule has 0 heterocycles. The first-order chi connectivity index (χ1) is 10.5. The fourth-order valence-electron chi connectivity index (χ4n) is 2.87. The Bertz CT molecular complexity index is 782. The molecule has 112 valence electrons. The molecule has 2 aromatic rings. The molecule has 1 aliphatic rings. The summed E-state index contributed by atoms with van der Waals surface area (Å²) in [7, 11) is 0. The van der Waals surface area contributed by atoms with Crippen molar-refractivity contribution in [1.29, 1.82) is 0 Å². The van der Waals surface area contributed by atoms with Crippen LogP contribution in [0.15, 0.2) is 36.4 Å². The van der Waals surface area contributed by atoms with Crippen LogP contribution in [0.1, 0.15) is 39.4 Å². The lowest BCUT2D eigenvalue weighted by Gasteiger charge is -2.10. The van der Waals surface area contributed by atoms with Crippen molar-refractivity contribution in [3.8, 4) is 5.75 Å². The number of benzene rings is 2. The molecule has 4 nitrogen and oxygen atoms in total. The van der Waals surface area contributed by atoms with Crippen LogP contribution in [0, 0.1) is 0 Å². The molecule has 1 atom stereocenters. The van der Waals surface area contributed by atoms with Gasteiger partial charge in [0.2, 0.25) is 0 Å². The highest BCUT2D eigenvalue weighted by atomic mass is 35.5. The van der Waals surface area contributed by atoms with Crippen molar-refractivity contribution >= 4 is 23.4 Å². The van der Waals surface area contributed by atoms with Gasteiger partial charge in [-0.25, -0.2) is 0 Å². The number of carboxylic acids is 1.